The van der Waals surface area contributed by atoms with Crippen LogP contribution >= 0.6 is 11.8 Å². The molecule has 0 spiro atoms. The van der Waals surface area contributed by atoms with Gasteiger partial charge in [0, 0.05) is 5.69 Å². The number of rotatable bonds is 7. The lowest BCUT2D eigenvalue weighted by Gasteiger charge is -2.18. The monoisotopic (exact) mass is 537 g/mol. The number of nitrogens with one attached hydrogen (secondary N) is 1. The zero-order valence-electron chi connectivity index (χ0n) is 20.0. The molecule has 11 heteroatoms. The van der Waals surface area contributed by atoms with Crippen molar-refractivity contribution in [1.82, 2.24) is 0 Å². The number of benzene rings is 3. The van der Waals surface area contributed by atoms with E-state index in [0.717, 1.165) is 17.3 Å². The number of alkyl halides is 2. The predicted molar refractivity (Wildman–Crippen MR) is 141 cm³/mol. The van der Waals surface area contributed by atoms with Gasteiger partial charge in [0.1, 0.15) is 11.4 Å². The number of carbonyl (C=O) groups excluding carboxylic acids is 2. The summed E-state index contributed by atoms with van der Waals surface area (Å²) in [4.78, 5) is 32.0. The van der Waals surface area contributed by atoms with Gasteiger partial charge in [0.2, 0.25) is 12.7 Å². The molecule has 0 saturated carbocycles. The van der Waals surface area contributed by atoms with Crippen molar-refractivity contribution in [2.24, 2.45) is 4.99 Å². The normalized spacial score (nSPS) is 15.3. The molecule has 2 heterocycles. The first-order valence-electron chi connectivity index (χ1n) is 11.4. The summed E-state index contributed by atoms with van der Waals surface area (Å²) in [5, 5.41) is 3.04. The fourth-order valence-electron chi connectivity index (χ4n) is 3.72. The van der Waals surface area contributed by atoms with Crippen LogP contribution in [0.3, 0.4) is 0 Å². The van der Waals surface area contributed by atoms with Crippen LogP contribution in [-0.2, 0) is 9.59 Å². The molecule has 0 aliphatic carbocycles. The van der Waals surface area contributed by atoms with Crippen LogP contribution in [0.1, 0.15) is 11.1 Å². The maximum absolute atomic E-state index is 13.4. The molecule has 0 bridgehead atoms. The van der Waals surface area contributed by atoms with Gasteiger partial charge in [-0.05, 0) is 67.1 Å². The lowest BCUT2D eigenvalue weighted by Crippen LogP contribution is -2.31. The highest BCUT2D eigenvalue weighted by molar-refractivity contribution is 8.14. The summed E-state index contributed by atoms with van der Waals surface area (Å²) in [6.07, 6.45) is 1.65. The third-order valence-electron chi connectivity index (χ3n) is 5.52. The minimum atomic E-state index is -2.93. The molecule has 2 aliphatic heterocycles. The van der Waals surface area contributed by atoms with E-state index in [1.54, 1.807) is 24.3 Å². The Morgan fingerprint density at radius 3 is 2.58 bits per heavy atom. The Bertz CT molecular complexity index is 1430. The van der Waals surface area contributed by atoms with Gasteiger partial charge in [-0.1, -0.05) is 35.5 Å². The highest BCUT2D eigenvalue weighted by atomic mass is 32.2. The lowest BCUT2D eigenvalue weighted by atomic mass is 10.1. The third kappa shape index (κ3) is 5.78. The standard InChI is InChI=1S/C27H21F2N3O5S/c1-16-2-7-19(8-3-16)32-25(34)21(12-17-4-11-22-23(13-17)36-15-35-22)31-27(32)38-14-24(33)30-18-5-9-20(10-6-18)37-26(28)29/h2-13,26H,14-15H2,1H3,(H,30,33)/b21-12-. The highest BCUT2D eigenvalue weighted by Gasteiger charge is 2.32. The predicted octanol–water partition coefficient (Wildman–Crippen LogP) is 5.44. The molecule has 5 rings (SSSR count). The van der Waals surface area contributed by atoms with Crippen LogP contribution < -0.4 is 24.4 Å². The van der Waals surface area contributed by atoms with E-state index in [1.807, 2.05) is 31.2 Å². The molecule has 1 N–H and O–H groups in total. The average Bonchev–Trinajstić information content (AvgIpc) is 3.48. The van der Waals surface area contributed by atoms with Gasteiger partial charge in [-0.15, -0.1) is 0 Å². The van der Waals surface area contributed by atoms with Crippen LogP contribution in [0, 0.1) is 6.92 Å². The second kappa shape index (κ2) is 10.9. The van der Waals surface area contributed by atoms with Crippen LogP contribution in [0.5, 0.6) is 17.2 Å². The van der Waals surface area contributed by atoms with E-state index in [-0.39, 0.29) is 35.8 Å². The zero-order chi connectivity index (χ0) is 26.6. The Morgan fingerprint density at radius 2 is 1.84 bits per heavy atom. The molecule has 2 aliphatic rings. The van der Waals surface area contributed by atoms with Gasteiger partial charge in [-0.3, -0.25) is 14.5 Å². The molecule has 0 atom stereocenters. The first-order valence-corrected chi connectivity index (χ1v) is 12.4. The average molecular weight is 538 g/mol. The smallest absolute Gasteiger partial charge is 0.387 e. The zero-order valence-corrected chi connectivity index (χ0v) is 20.8. The summed E-state index contributed by atoms with van der Waals surface area (Å²) in [5.74, 6) is 0.481. The van der Waals surface area contributed by atoms with E-state index in [2.05, 4.69) is 15.0 Å². The molecule has 3 aromatic carbocycles. The van der Waals surface area contributed by atoms with Crippen LogP contribution in [0.15, 0.2) is 77.4 Å². The third-order valence-corrected chi connectivity index (χ3v) is 6.46. The second-order valence-electron chi connectivity index (χ2n) is 8.25. The Kier molecular flexibility index (Phi) is 7.27. The fourth-order valence-corrected chi connectivity index (χ4v) is 4.53. The van der Waals surface area contributed by atoms with Crippen molar-refractivity contribution < 1.29 is 32.6 Å². The SMILES string of the molecule is Cc1ccc(N2C(=O)/C(=C/c3ccc4c(c3)OCO4)N=C2SCC(=O)Nc2ccc(OC(F)F)cc2)cc1. The summed E-state index contributed by atoms with van der Waals surface area (Å²) < 4.78 is 39.7. The van der Waals surface area contributed by atoms with E-state index >= 15 is 0 Å². The molecule has 194 valence electrons. The van der Waals surface area contributed by atoms with Crippen LogP contribution in [0.2, 0.25) is 0 Å². The lowest BCUT2D eigenvalue weighted by molar-refractivity contribution is -0.114. The van der Waals surface area contributed by atoms with Crippen LogP contribution in [0.4, 0.5) is 20.2 Å². The summed E-state index contributed by atoms with van der Waals surface area (Å²) in [7, 11) is 0. The van der Waals surface area contributed by atoms with Gasteiger partial charge < -0.3 is 19.5 Å². The van der Waals surface area contributed by atoms with E-state index in [4.69, 9.17) is 9.47 Å². The summed E-state index contributed by atoms with van der Waals surface area (Å²) >= 11 is 1.10. The maximum atomic E-state index is 13.4. The summed E-state index contributed by atoms with van der Waals surface area (Å²) in [6.45, 7) is -0.840. The van der Waals surface area contributed by atoms with Gasteiger partial charge in [-0.25, -0.2) is 4.99 Å². The Hall–Kier alpha value is -4.38. The Labute approximate surface area is 220 Å². The molecule has 0 fully saturated rings. The first kappa shape index (κ1) is 25.3. The summed E-state index contributed by atoms with van der Waals surface area (Å²) in [5.41, 5.74) is 3.00. The van der Waals surface area contributed by atoms with Gasteiger partial charge in [0.25, 0.3) is 5.91 Å². The Morgan fingerprint density at radius 1 is 1.11 bits per heavy atom. The maximum Gasteiger partial charge on any atom is 0.387 e. The summed E-state index contributed by atoms with van der Waals surface area (Å²) in [6, 6.07) is 18.3. The Balaban J connectivity index is 1.33. The molecule has 8 nitrogen and oxygen atoms in total. The fraction of sp³-hybridized carbons (Fsp3) is 0.148. The number of amidine groups is 1. The van der Waals surface area contributed by atoms with Gasteiger partial charge in [0.05, 0.1) is 11.4 Å². The number of hydrogen-bond acceptors (Lipinski definition) is 7. The molecule has 0 unspecified atom stereocenters. The minimum Gasteiger partial charge on any atom is -0.454 e. The molecule has 3 aromatic rings. The van der Waals surface area contributed by atoms with Crippen molar-refractivity contribution in [1.29, 1.82) is 0 Å². The van der Waals surface area contributed by atoms with E-state index in [9.17, 15) is 18.4 Å². The van der Waals surface area contributed by atoms with Crippen LogP contribution in [0.25, 0.3) is 6.08 Å². The molecule has 0 radical (unpaired) electrons. The number of thioether (sulfide) groups is 1. The topological polar surface area (TPSA) is 89.5 Å². The molecule has 2 amide bonds. The highest BCUT2D eigenvalue weighted by Crippen LogP contribution is 2.34. The number of anilines is 2. The van der Waals surface area contributed by atoms with E-state index < -0.39 is 6.61 Å². The van der Waals surface area contributed by atoms with Crippen molar-refractivity contribution in [2.75, 3.05) is 22.8 Å². The number of aliphatic imine (C=N–C) groups is 1. The van der Waals surface area contributed by atoms with Crippen molar-refractivity contribution in [3.8, 4) is 17.2 Å². The number of hydrogen-bond donors (Lipinski definition) is 1. The molecule has 0 aromatic heterocycles. The molecule has 38 heavy (non-hydrogen) atoms. The number of fused-ring (bicyclic) bond motifs is 1. The number of carbonyl (C=O) groups is 2. The van der Waals surface area contributed by atoms with Gasteiger partial charge >= 0.3 is 6.61 Å². The van der Waals surface area contributed by atoms with Crippen molar-refractivity contribution in [3.05, 3.63) is 83.6 Å². The largest absolute Gasteiger partial charge is 0.454 e. The van der Waals surface area contributed by atoms with E-state index in [0.29, 0.717) is 33.6 Å². The molecular weight excluding hydrogens is 516 g/mol. The minimum absolute atomic E-state index is 0.0123. The van der Waals surface area contributed by atoms with Crippen molar-refractivity contribution in [3.63, 3.8) is 0 Å². The quantitative estimate of drug-likeness (QED) is 0.404. The number of nitrogens with zero attached hydrogens (tertiary/aromatic N) is 2. The number of amides is 2. The molecular formula is C27H21F2N3O5S. The van der Waals surface area contributed by atoms with Crippen LogP contribution in [-0.4, -0.2) is 36.1 Å². The number of aryl methyl sites for hydroxylation is 1. The van der Waals surface area contributed by atoms with Gasteiger partial charge in [-0.2, -0.15) is 8.78 Å². The number of ether oxygens (including phenoxy) is 3. The van der Waals surface area contributed by atoms with Gasteiger partial charge in [0.15, 0.2) is 16.7 Å². The van der Waals surface area contributed by atoms with E-state index in [1.165, 1.54) is 29.2 Å². The number of halogens is 2. The van der Waals surface area contributed by atoms with Crippen molar-refractivity contribution >= 4 is 46.2 Å². The first-order chi connectivity index (χ1) is 18.4. The van der Waals surface area contributed by atoms with Crippen molar-refractivity contribution in [2.45, 2.75) is 13.5 Å². The molecule has 0 saturated heterocycles. The second-order valence-corrected chi connectivity index (χ2v) is 9.19.